The summed E-state index contributed by atoms with van der Waals surface area (Å²) in [6.07, 6.45) is 2.49. The van der Waals surface area contributed by atoms with Gasteiger partial charge < -0.3 is 4.74 Å². The fourth-order valence-corrected chi connectivity index (χ4v) is 3.25. The molecule has 0 aliphatic rings. The summed E-state index contributed by atoms with van der Waals surface area (Å²) in [7, 11) is -3.58. The van der Waals surface area contributed by atoms with Crippen molar-refractivity contribution in [3.63, 3.8) is 0 Å². The Labute approximate surface area is 153 Å². The maximum Gasteiger partial charge on any atom is 0.216 e. The highest BCUT2D eigenvalue weighted by molar-refractivity contribution is 7.88. The van der Waals surface area contributed by atoms with Gasteiger partial charge in [-0.1, -0.05) is 48.2 Å². The fourth-order valence-electron chi connectivity index (χ4n) is 2.24. The maximum atomic E-state index is 13.1. The minimum Gasteiger partial charge on any atom is -0.481 e. The van der Waals surface area contributed by atoms with Crippen LogP contribution in [0.2, 0.25) is 0 Å². The smallest absolute Gasteiger partial charge is 0.216 e. The third-order valence-corrected chi connectivity index (χ3v) is 4.69. The third-order valence-electron chi connectivity index (χ3n) is 3.39. The number of hydrogen-bond acceptors (Lipinski definition) is 3. The van der Waals surface area contributed by atoms with Gasteiger partial charge in [-0.05, 0) is 35.7 Å². The largest absolute Gasteiger partial charge is 0.481 e. The Morgan fingerprint density at radius 1 is 1.15 bits per heavy atom. The van der Waals surface area contributed by atoms with Crippen molar-refractivity contribution in [2.45, 2.75) is 12.2 Å². The van der Waals surface area contributed by atoms with Gasteiger partial charge in [-0.2, -0.15) is 0 Å². The predicted molar refractivity (Wildman–Crippen MR) is 101 cm³/mol. The van der Waals surface area contributed by atoms with Gasteiger partial charge in [0.2, 0.25) is 10.0 Å². The summed E-state index contributed by atoms with van der Waals surface area (Å²) in [5, 5.41) is 0. The number of para-hydroxylation sites is 1. The summed E-state index contributed by atoms with van der Waals surface area (Å²) < 4.78 is 44.9. The van der Waals surface area contributed by atoms with Crippen molar-refractivity contribution in [3.8, 4) is 17.6 Å². The van der Waals surface area contributed by atoms with E-state index in [0.29, 0.717) is 12.0 Å². The van der Waals surface area contributed by atoms with Crippen LogP contribution < -0.4 is 9.46 Å². The van der Waals surface area contributed by atoms with Crippen LogP contribution in [-0.2, 0) is 22.2 Å². The molecule has 0 aliphatic heterocycles. The van der Waals surface area contributed by atoms with Crippen LogP contribution in [0.3, 0.4) is 0 Å². The monoisotopic (exact) mass is 373 g/mol. The van der Waals surface area contributed by atoms with Crippen LogP contribution in [0.25, 0.3) is 0 Å². The highest BCUT2D eigenvalue weighted by Crippen LogP contribution is 2.18. The van der Waals surface area contributed by atoms with Crippen LogP contribution >= 0.6 is 0 Å². The zero-order valence-electron chi connectivity index (χ0n) is 14.2. The summed E-state index contributed by atoms with van der Waals surface area (Å²) in [6.45, 7) is 3.83. The molecule has 0 saturated heterocycles. The van der Waals surface area contributed by atoms with Crippen LogP contribution in [-0.4, -0.2) is 21.6 Å². The molecule has 0 amide bonds. The molecule has 0 unspecified atom stereocenters. The molecule has 26 heavy (non-hydrogen) atoms. The minimum absolute atomic E-state index is 0.0324. The Morgan fingerprint density at radius 2 is 1.96 bits per heavy atom. The van der Waals surface area contributed by atoms with E-state index >= 15 is 0 Å². The molecule has 2 aromatic carbocycles. The van der Waals surface area contributed by atoms with Gasteiger partial charge in [0.25, 0.3) is 0 Å². The number of benzene rings is 2. The third kappa shape index (κ3) is 6.71. The van der Waals surface area contributed by atoms with Gasteiger partial charge in [0.15, 0.2) is 0 Å². The number of halogens is 1. The molecule has 0 fully saturated rings. The van der Waals surface area contributed by atoms with E-state index in [-0.39, 0.29) is 18.9 Å². The van der Waals surface area contributed by atoms with Crippen molar-refractivity contribution >= 4 is 10.0 Å². The zero-order valence-corrected chi connectivity index (χ0v) is 15.1. The molecule has 0 atom stereocenters. The van der Waals surface area contributed by atoms with Crippen LogP contribution in [0, 0.1) is 17.7 Å². The molecule has 0 spiro atoms. The second kappa shape index (κ2) is 9.76. The summed E-state index contributed by atoms with van der Waals surface area (Å²) in [5.74, 6) is 5.43. The second-order valence-corrected chi connectivity index (χ2v) is 7.26. The normalized spacial score (nSPS) is 10.7. The number of nitrogens with one attached hydrogen (secondary N) is 1. The molecular weight excluding hydrogens is 353 g/mol. The second-order valence-electron chi connectivity index (χ2n) is 5.45. The van der Waals surface area contributed by atoms with E-state index in [1.54, 1.807) is 12.1 Å². The van der Waals surface area contributed by atoms with Gasteiger partial charge in [0.1, 0.15) is 18.2 Å². The summed E-state index contributed by atoms with van der Waals surface area (Å²) in [5.41, 5.74) is 1.40. The molecule has 0 aliphatic carbocycles. The quantitative estimate of drug-likeness (QED) is 0.572. The van der Waals surface area contributed by atoms with Gasteiger partial charge in [-0.15, -0.1) is 6.58 Å². The van der Waals surface area contributed by atoms with Crippen molar-refractivity contribution in [3.05, 3.63) is 78.1 Å². The van der Waals surface area contributed by atoms with Crippen molar-refractivity contribution in [2.75, 3.05) is 13.2 Å². The first-order valence-corrected chi connectivity index (χ1v) is 9.64. The summed E-state index contributed by atoms with van der Waals surface area (Å²) >= 11 is 0. The molecule has 4 nitrogen and oxygen atoms in total. The van der Waals surface area contributed by atoms with Gasteiger partial charge in [-0.25, -0.2) is 17.5 Å². The molecule has 2 aromatic rings. The van der Waals surface area contributed by atoms with E-state index in [4.69, 9.17) is 4.74 Å². The molecule has 6 heteroatoms. The molecule has 0 radical (unpaired) electrons. The number of ether oxygens (including phenoxy) is 1. The van der Waals surface area contributed by atoms with Gasteiger partial charge in [-0.3, -0.25) is 0 Å². The van der Waals surface area contributed by atoms with E-state index in [1.165, 1.54) is 18.2 Å². The average Bonchev–Trinajstić information content (AvgIpc) is 2.59. The number of rotatable bonds is 8. The number of sulfonamides is 1. The van der Waals surface area contributed by atoms with Crippen LogP contribution in [0.5, 0.6) is 5.75 Å². The highest BCUT2D eigenvalue weighted by Gasteiger charge is 2.10. The molecule has 0 saturated carbocycles. The summed E-state index contributed by atoms with van der Waals surface area (Å²) in [6, 6.07) is 13.1. The lowest BCUT2D eigenvalue weighted by molar-refractivity contribution is 0.366. The Kier molecular flexibility index (Phi) is 7.39. The number of allylic oxidation sites excluding steroid dienone is 1. The first kappa shape index (κ1) is 19.7. The number of hydrogen-bond donors (Lipinski definition) is 1. The molecule has 2 rings (SSSR count). The van der Waals surface area contributed by atoms with Crippen LogP contribution in [0.15, 0.2) is 61.2 Å². The Bertz CT molecular complexity index is 914. The first-order valence-electron chi connectivity index (χ1n) is 7.99. The van der Waals surface area contributed by atoms with E-state index in [1.807, 2.05) is 24.3 Å². The van der Waals surface area contributed by atoms with Crippen molar-refractivity contribution in [2.24, 2.45) is 0 Å². The topological polar surface area (TPSA) is 55.4 Å². The molecule has 0 heterocycles. The summed E-state index contributed by atoms with van der Waals surface area (Å²) in [4.78, 5) is 0. The maximum absolute atomic E-state index is 13.1. The Hall–Kier alpha value is -2.62. The fraction of sp³-hybridized carbons (Fsp3) is 0.200. The van der Waals surface area contributed by atoms with Gasteiger partial charge >= 0.3 is 0 Å². The molecule has 1 N–H and O–H groups in total. The van der Waals surface area contributed by atoms with Crippen LogP contribution in [0.4, 0.5) is 4.39 Å². The van der Waals surface area contributed by atoms with Crippen molar-refractivity contribution in [1.29, 1.82) is 0 Å². The lowest BCUT2D eigenvalue weighted by Gasteiger charge is -2.07. The molecule has 0 aromatic heterocycles. The van der Waals surface area contributed by atoms with E-state index in [9.17, 15) is 12.8 Å². The van der Waals surface area contributed by atoms with Gasteiger partial charge in [0.05, 0.1) is 12.3 Å². The van der Waals surface area contributed by atoms with Crippen molar-refractivity contribution in [1.82, 2.24) is 4.72 Å². The Balaban J connectivity index is 1.80. The first-order chi connectivity index (χ1) is 12.5. The predicted octanol–water partition coefficient (Wildman–Crippen LogP) is 3.06. The lowest BCUT2D eigenvalue weighted by atomic mass is 10.1. The lowest BCUT2D eigenvalue weighted by Crippen LogP contribution is -2.25. The molecule has 0 bridgehead atoms. The van der Waals surface area contributed by atoms with E-state index in [2.05, 4.69) is 23.1 Å². The molecular formula is C20H20FNO3S. The Morgan fingerprint density at radius 3 is 2.73 bits per heavy atom. The van der Waals surface area contributed by atoms with Gasteiger partial charge in [0, 0.05) is 0 Å². The SMILES string of the molecule is C=CCc1ccccc1OCC#CCNS(=O)(=O)Cc1cccc(F)c1. The van der Waals surface area contributed by atoms with Crippen molar-refractivity contribution < 1.29 is 17.5 Å². The molecule has 136 valence electrons. The zero-order chi connectivity index (χ0) is 18.8. The highest BCUT2D eigenvalue weighted by atomic mass is 32.2. The standard InChI is InChI=1S/C20H20FNO3S/c1-2-8-18-10-3-4-12-20(18)25-14-6-5-13-22-26(23,24)16-17-9-7-11-19(21)15-17/h2-4,7,9-12,15,22H,1,8,13-14,16H2. The van der Waals surface area contributed by atoms with Crippen LogP contribution in [0.1, 0.15) is 11.1 Å². The minimum atomic E-state index is -3.58. The van der Waals surface area contributed by atoms with E-state index < -0.39 is 15.8 Å². The average molecular weight is 373 g/mol. The van der Waals surface area contributed by atoms with E-state index in [0.717, 1.165) is 11.3 Å².